The van der Waals surface area contributed by atoms with E-state index < -0.39 is 28.5 Å². The van der Waals surface area contributed by atoms with Crippen molar-refractivity contribution in [2.45, 2.75) is 44.7 Å². The summed E-state index contributed by atoms with van der Waals surface area (Å²) in [4.78, 5) is 28.1. The molecule has 3 rings (SSSR count). The number of rotatable bonds is 11. The molecule has 38 heavy (non-hydrogen) atoms. The average Bonchev–Trinajstić information content (AvgIpc) is 2.89. The van der Waals surface area contributed by atoms with Crippen molar-refractivity contribution in [2.24, 2.45) is 0 Å². The number of nitrogens with one attached hydrogen (secondary N) is 1. The molecular weight excluding hydrogens is 545 g/mol. The number of halogens is 2. The van der Waals surface area contributed by atoms with Crippen molar-refractivity contribution in [3.63, 3.8) is 0 Å². The van der Waals surface area contributed by atoms with Crippen LogP contribution in [0.25, 0.3) is 0 Å². The molecule has 0 bridgehead atoms. The second-order valence-corrected chi connectivity index (χ2v) is 11.6. The Kier molecular flexibility index (Phi) is 10.2. The van der Waals surface area contributed by atoms with Gasteiger partial charge in [-0.05, 0) is 73.9 Å². The predicted molar refractivity (Wildman–Crippen MR) is 152 cm³/mol. The summed E-state index contributed by atoms with van der Waals surface area (Å²) in [7, 11) is -4.16. The lowest BCUT2D eigenvalue weighted by molar-refractivity contribution is -0.139. The third-order valence-corrected chi connectivity index (χ3v) is 8.39. The van der Waals surface area contributed by atoms with Crippen molar-refractivity contribution < 1.29 is 18.0 Å². The summed E-state index contributed by atoms with van der Waals surface area (Å²) < 4.78 is 28.6. The zero-order chi connectivity index (χ0) is 27.9. The summed E-state index contributed by atoms with van der Waals surface area (Å²) in [6, 6.07) is 18.8. The van der Waals surface area contributed by atoms with E-state index in [1.165, 1.54) is 29.2 Å². The molecule has 3 aromatic carbocycles. The molecule has 7 nitrogen and oxygen atoms in total. The summed E-state index contributed by atoms with van der Waals surface area (Å²) in [6.07, 6.45) is 0.734. The van der Waals surface area contributed by atoms with E-state index >= 15 is 0 Å². The minimum atomic E-state index is -4.16. The number of sulfonamides is 1. The van der Waals surface area contributed by atoms with E-state index in [2.05, 4.69) is 5.32 Å². The summed E-state index contributed by atoms with van der Waals surface area (Å²) in [6.45, 7) is 5.34. The van der Waals surface area contributed by atoms with Gasteiger partial charge in [0, 0.05) is 23.1 Å². The Balaban J connectivity index is 2.03. The second-order valence-electron chi connectivity index (χ2n) is 8.88. The summed E-state index contributed by atoms with van der Waals surface area (Å²) in [5.41, 5.74) is 1.79. The molecule has 0 radical (unpaired) electrons. The number of hydrogen-bond acceptors (Lipinski definition) is 4. The fourth-order valence-electron chi connectivity index (χ4n) is 3.83. The number of carbonyl (C=O) groups excluding carboxylic acids is 2. The van der Waals surface area contributed by atoms with Crippen LogP contribution >= 0.6 is 23.2 Å². The molecular formula is C28H31Cl2N3O4S. The first-order valence-corrected chi connectivity index (χ1v) is 14.4. The molecule has 0 aliphatic rings. The van der Waals surface area contributed by atoms with E-state index in [1.807, 2.05) is 19.9 Å². The number of aryl methyl sites for hydroxylation is 1. The van der Waals surface area contributed by atoms with Crippen LogP contribution < -0.4 is 9.62 Å². The Morgan fingerprint density at radius 3 is 2.29 bits per heavy atom. The van der Waals surface area contributed by atoms with Crippen LogP contribution in [0.4, 0.5) is 5.69 Å². The maximum atomic E-state index is 13.9. The van der Waals surface area contributed by atoms with Gasteiger partial charge in [0.2, 0.25) is 11.8 Å². The standard InChI is InChI=1S/C28H31Cl2N3O4S/c1-4-16-31-28(35)21(3)32(18-22-9-5-6-11-26(22)30)27(34)19-33(24-10-7-8-20(2)17-24)38(36,37)25-14-12-23(29)13-15-25/h5-15,17,21H,4,16,18-19H2,1-3H3,(H,31,35)/t21-/m0/s1. The minimum Gasteiger partial charge on any atom is -0.354 e. The molecule has 0 heterocycles. The molecule has 0 saturated carbocycles. The topological polar surface area (TPSA) is 86.8 Å². The lowest BCUT2D eigenvalue weighted by Gasteiger charge is -2.32. The van der Waals surface area contributed by atoms with Crippen LogP contribution in [0.3, 0.4) is 0 Å². The molecule has 0 aliphatic carbocycles. The average molecular weight is 577 g/mol. The Hall–Kier alpha value is -3.07. The molecule has 0 spiro atoms. The van der Waals surface area contributed by atoms with Crippen LogP contribution in [0.5, 0.6) is 0 Å². The molecule has 10 heteroatoms. The van der Waals surface area contributed by atoms with Gasteiger partial charge in [-0.25, -0.2) is 8.42 Å². The van der Waals surface area contributed by atoms with E-state index in [4.69, 9.17) is 23.2 Å². The van der Waals surface area contributed by atoms with Gasteiger partial charge < -0.3 is 10.2 Å². The molecule has 0 fully saturated rings. The van der Waals surface area contributed by atoms with Crippen LogP contribution in [0.2, 0.25) is 10.0 Å². The van der Waals surface area contributed by atoms with Gasteiger partial charge in [0.1, 0.15) is 12.6 Å². The van der Waals surface area contributed by atoms with Crippen molar-refractivity contribution in [3.8, 4) is 0 Å². The molecule has 1 N–H and O–H groups in total. The number of anilines is 1. The van der Waals surface area contributed by atoms with Gasteiger partial charge in [0.05, 0.1) is 10.6 Å². The highest BCUT2D eigenvalue weighted by Gasteiger charge is 2.32. The first-order valence-electron chi connectivity index (χ1n) is 12.2. The van der Waals surface area contributed by atoms with Gasteiger partial charge in [-0.2, -0.15) is 0 Å². The highest BCUT2D eigenvalue weighted by molar-refractivity contribution is 7.92. The van der Waals surface area contributed by atoms with Crippen molar-refractivity contribution in [1.29, 1.82) is 0 Å². The largest absolute Gasteiger partial charge is 0.354 e. The first kappa shape index (κ1) is 29.5. The van der Waals surface area contributed by atoms with Gasteiger partial charge >= 0.3 is 0 Å². The summed E-state index contributed by atoms with van der Waals surface area (Å²) in [5, 5.41) is 3.64. The second kappa shape index (κ2) is 13.1. The third-order valence-electron chi connectivity index (χ3n) is 5.99. The fourth-order valence-corrected chi connectivity index (χ4v) is 5.56. The maximum absolute atomic E-state index is 13.9. The Labute approximate surface area is 234 Å². The number of hydrogen-bond donors (Lipinski definition) is 1. The zero-order valence-corrected chi connectivity index (χ0v) is 23.9. The highest BCUT2D eigenvalue weighted by atomic mass is 35.5. The van der Waals surface area contributed by atoms with E-state index in [0.717, 1.165) is 16.3 Å². The van der Waals surface area contributed by atoms with Gasteiger partial charge in [-0.15, -0.1) is 0 Å². The van der Waals surface area contributed by atoms with E-state index in [0.29, 0.717) is 27.8 Å². The van der Waals surface area contributed by atoms with Crippen molar-refractivity contribution in [1.82, 2.24) is 10.2 Å². The van der Waals surface area contributed by atoms with Crippen molar-refractivity contribution in [2.75, 3.05) is 17.4 Å². The van der Waals surface area contributed by atoms with Gasteiger partial charge in [-0.3, -0.25) is 13.9 Å². The molecule has 2 amide bonds. The van der Waals surface area contributed by atoms with Crippen LogP contribution in [0.15, 0.2) is 77.7 Å². The van der Waals surface area contributed by atoms with Crippen molar-refractivity contribution >= 4 is 50.7 Å². The SMILES string of the molecule is CCCNC(=O)[C@H](C)N(Cc1ccccc1Cl)C(=O)CN(c1cccc(C)c1)S(=O)(=O)c1ccc(Cl)cc1. The lowest BCUT2D eigenvalue weighted by atomic mass is 10.1. The van der Waals surface area contributed by atoms with Crippen LogP contribution in [-0.4, -0.2) is 44.3 Å². The predicted octanol–water partition coefficient (Wildman–Crippen LogP) is 5.44. The molecule has 0 saturated heterocycles. The zero-order valence-electron chi connectivity index (χ0n) is 21.5. The third kappa shape index (κ3) is 7.28. The molecule has 0 aromatic heterocycles. The Morgan fingerprint density at radius 2 is 1.66 bits per heavy atom. The van der Waals surface area contributed by atoms with E-state index in [1.54, 1.807) is 49.4 Å². The first-order chi connectivity index (χ1) is 18.0. The maximum Gasteiger partial charge on any atom is 0.264 e. The quantitative estimate of drug-likeness (QED) is 0.330. The lowest BCUT2D eigenvalue weighted by Crippen LogP contribution is -2.51. The molecule has 0 aliphatic heterocycles. The summed E-state index contributed by atoms with van der Waals surface area (Å²) >= 11 is 12.3. The number of benzene rings is 3. The molecule has 202 valence electrons. The Bertz CT molecular complexity index is 1380. The normalized spacial score (nSPS) is 12.0. The van der Waals surface area contributed by atoms with Crippen LogP contribution in [-0.2, 0) is 26.2 Å². The monoisotopic (exact) mass is 575 g/mol. The van der Waals surface area contributed by atoms with Crippen molar-refractivity contribution in [3.05, 3.63) is 94.0 Å². The van der Waals surface area contributed by atoms with Crippen LogP contribution in [0, 0.1) is 6.92 Å². The molecule has 3 aromatic rings. The van der Waals surface area contributed by atoms with Gasteiger partial charge in [0.15, 0.2) is 0 Å². The fraction of sp³-hybridized carbons (Fsp3) is 0.286. The van der Waals surface area contributed by atoms with Crippen LogP contribution in [0.1, 0.15) is 31.4 Å². The summed E-state index contributed by atoms with van der Waals surface area (Å²) in [5.74, 6) is -0.891. The van der Waals surface area contributed by atoms with Gasteiger partial charge in [0.25, 0.3) is 10.0 Å². The number of carbonyl (C=O) groups is 2. The Morgan fingerprint density at radius 1 is 0.974 bits per heavy atom. The van der Waals surface area contributed by atoms with E-state index in [-0.39, 0.29) is 17.3 Å². The highest BCUT2D eigenvalue weighted by Crippen LogP contribution is 2.27. The minimum absolute atomic E-state index is 0.0115. The molecule has 0 unspecified atom stereocenters. The number of nitrogens with zero attached hydrogens (tertiary/aromatic N) is 2. The van der Waals surface area contributed by atoms with E-state index in [9.17, 15) is 18.0 Å². The smallest absolute Gasteiger partial charge is 0.264 e. The molecule has 1 atom stereocenters. The number of amides is 2. The van der Waals surface area contributed by atoms with Gasteiger partial charge in [-0.1, -0.05) is 60.5 Å².